The molecule has 0 atom stereocenters. The van der Waals surface area contributed by atoms with Crippen LogP contribution >= 0.6 is 0 Å². The van der Waals surface area contributed by atoms with Gasteiger partial charge in [-0.15, -0.1) is 0 Å². The molecule has 3 aromatic carbocycles. The van der Waals surface area contributed by atoms with Crippen LogP contribution in [0.5, 0.6) is 0 Å². The van der Waals surface area contributed by atoms with E-state index in [-0.39, 0.29) is 17.2 Å². The third-order valence-corrected chi connectivity index (χ3v) is 6.98. The van der Waals surface area contributed by atoms with Gasteiger partial charge in [-0.3, -0.25) is 9.52 Å². The largest absolute Gasteiger partial charge is 0.310 e. The van der Waals surface area contributed by atoms with Crippen molar-refractivity contribution < 1.29 is 17.6 Å². The van der Waals surface area contributed by atoms with Gasteiger partial charge < -0.3 is 4.90 Å². The average Bonchev–Trinajstić information content (AvgIpc) is 2.82. The molecular formula is C25H22FN3O3S. The minimum atomic E-state index is -3.96. The van der Waals surface area contributed by atoms with Crippen molar-refractivity contribution in [2.75, 3.05) is 16.2 Å². The number of nitrogens with one attached hydrogen (secondary N) is 1. The lowest BCUT2D eigenvalue weighted by atomic mass is 9.99. The first-order valence-electron chi connectivity index (χ1n) is 10.6. The molecule has 33 heavy (non-hydrogen) atoms. The van der Waals surface area contributed by atoms with Gasteiger partial charge in [-0.1, -0.05) is 24.3 Å². The monoisotopic (exact) mass is 463 g/mol. The van der Waals surface area contributed by atoms with Crippen LogP contribution in [-0.2, 0) is 27.7 Å². The molecule has 0 fully saturated rings. The van der Waals surface area contributed by atoms with Gasteiger partial charge in [0.25, 0.3) is 10.0 Å². The molecule has 0 aliphatic carbocycles. The molecule has 1 N–H and O–H groups in total. The number of benzene rings is 3. The molecule has 0 spiro atoms. The maximum absolute atomic E-state index is 13.2. The van der Waals surface area contributed by atoms with Gasteiger partial charge in [0.15, 0.2) is 0 Å². The number of hydrogen-bond acceptors (Lipinski definition) is 4. The third-order valence-electron chi connectivity index (χ3n) is 5.60. The van der Waals surface area contributed by atoms with E-state index in [0.29, 0.717) is 29.9 Å². The SMILES string of the molecule is N#Cc1ccc(CCC(=O)N2CCCc3cccc(NS(=O)(=O)c4ccc(F)cc4)c32)cc1. The van der Waals surface area contributed by atoms with Crippen LogP contribution in [0.2, 0.25) is 0 Å². The molecule has 0 unspecified atom stereocenters. The fraction of sp³-hybridized carbons (Fsp3) is 0.200. The lowest BCUT2D eigenvalue weighted by molar-refractivity contribution is -0.118. The van der Waals surface area contributed by atoms with E-state index in [1.807, 2.05) is 18.2 Å². The number of carbonyl (C=O) groups is 1. The molecule has 168 valence electrons. The minimum Gasteiger partial charge on any atom is -0.310 e. The Labute approximate surface area is 192 Å². The van der Waals surface area contributed by atoms with Gasteiger partial charge in [-0.2, -0.15) is 5.26 Å². The predicted octanol–water partition coefficient (Wildman–Crippen LogP) is 4.41. The molecule has 1 heterocycles. The summed E-state index contributed by atoms with van der Waals surface area (Å²) in [6.45, 7) is 0.495. The Bertz CT molecular complexity index is 1310. The quantitative estimate of drug-likeness (QED) is 0.586. The summed E-state index contributed by atoms with van der Waals surface area (Å²) in [6.07, 6.45) is 2.29. The van der Waals surface area contributed by atoms with Gasteiger partial charge in [-0.25, -0.2) is 12.8 Å². The normalized spacial score (nSPS) is 13.2. The summed E-state index contributed by atoms with van der Waals surface area (Å²) in [6, 6.07) is 19.0. The van der Waals surface area contributed by atoms with Gasteiger partial charge in [-0.05, 0) is 72.9 Å². The molecule has 1 amide bonds. The Balaban J connectivity index is 1.57. The zero-order valence-electron chi connectivity index (χ0n) is 17.8. The number of anilines is 2. The topological polar surface area (TPSA) is 90.3 Å². The van der Waals surface area contributed by atoms with Crippen molar-refractivity contribution in [3.63, 3.8) is 0 Å². The fourth-order valence-corrected chi connectivity index (χ4v) is 5.00. The van der Waals surface area contributed by atoms with E-state index < -0.39 is 15.8 Å². The van der Waals surface area contributed by atoms with Crippen LogP contribution in [0.3, 0.4) is 0 Å². The molecule has 0 saturated heterocycles. The second kappa shape index (κ2) is 9.43. The first-order valence-corrected chi connectivity index (χ1v) is 12.1. The predicted molar refractivity (Wildman–Crippen MR) is 124 cm³/mol. The maximum Gasteiger partial charge on any atom is 0.261 e. The number of nitrogens with zero attached hydrogens (tertiary/aromatic N) is 2. The highest BCUT2D eigenvalue weighted by Gasteiger charge is 2.27. The van der Waals surface area contributed by atoms with Crippen LogP contribution in [0.4, 0.5) is 15.8 Å². The number of halogens is 1. The minimum absolute atomic E-state index is 0.0593. The zero-order valence-corrected chi connectivity index (χ0v) is 18.6. The highest BCUT2D eigenvalue weighted by atomic mass is 32.2. The summed E-state index contributed by atoms with van der Waals surface area (Å²) < 4.78 is 41.6. The fourth-order valence-electron chi connectivity index (χ4n) is 3.93. The standard InChI is InChI=1S/C25H22FN3O3S/c26-21-11-13-22(14-12-21)33(31,32)28-23-5-1-3-20-4-2-16-29(25(20)23)24(30)15-10-18-6-8-19(17-27)9-7-18/h1,3,5-9,11-14,28H,2,4,10,15-16H2. The van der Waals surface area contributed by atoms with Gasteiger partial charge in [0.05, 0.1) is 27.9 Å². The summed E-state index contributed by atoms with van der Waals surface area (Å²) in [5.41, 5.74) is 3.30. The molecule has 1 aliphatic rings. The lowest BCUT2D eigenvalue weighted by Crippen LogP contribution is -2.36. The van der Waals surface area contributed by atoms with Crippen LogP contribution < -0.4 is 9.62 Å². The number of rotatable bonds is 6. The van der Waals surface area contributed by atoms with E-state index in [1.54, 1.807) is 29.2 Å². The molecule has 0 bridgehead atoms. The zero-order chi connectivity index (χ0) is 23.4. The van der Waals surface area contributed by atoms with E-state index in [4.69, 9.17) is 5.26 Å². The van der Waals surface area contributed by atoms with Crippen molar-refractivity contribution in [3.05, 3.63) is 89.2 Å². The first-order chi connectivity index (χ1) is 15.9. The van der Waals surface area contributed by atoms with Gasteiger partial charge in [0.1, 0.15) is 5.82 Å². The third kappa shape index (κ3) is 5.04. The van der Waals surface area contributed by atoms with Gasteiger partial charge >= 0.3 is 0 Å². The molecule has 4 rings (SSSR count). The van der Waals surface area contributed by atoms with Crippen LogP contribution in [0.15, 0.2) is 71.6 Å². The second-order valence-corrected chi connectivity index (χ2v) is 9.51. The van der Waals surface area contributed by atoms with Crippen molar-refractivity contribution in [1.29, 1.82) is 5.26 Å². The molecule has 0 radical (unpaired) electrons. The molecular weight excluding hydrogens is 441 g/mol. The number of aryl methyl sites for hydroxylation is 2. The number of nitriles is 1. The Morgan fingerprint density at radius 1 is 1.06 bits per heavy atom. The number of hydrogen-bond donors (Lipinski definition) is 1. The summed E-state index contributed by atoms with van der Waals surface area (Å²) in [4.78, 5) is 14.7. The highest BCUT2D eigenvalue weighted by molar-refractivity contribution is 7.92. The lowest BCUT2D eigenvalue weighted by Gasteiger charge is -2.32. The number of carbonyl (C=O) groups excluding carboxylic acids is 1. The van der Waals surface area contributed by atoms with Crippen molar-refractivity contribution in [3.8, 4) is 6.07 Å². The van der Waals surface area contributed by atoms with Crippen LogP contribution in [0.1, 0.15) is 29.5 Å². The van der Waals surface area contributed by atoms with Crippen molar-refractivity contribution >= 4 is 27.3 Å². The van der Waals surface area contributed by atoms with Gasteiger partial charge in [0, 0.05) is 13.0 Å². The van der Waals surface area contributed by atoms with Crippen molar-refractivity contribution in [1.82, 2.24) is 0 Å². The van der Waals surface area contributed by atoms with Gasteiger partial charge in [0.2, 0.25) is 5.91 Å². The summed E-state index contributed by atoms with van der Waals surface area (Å²) >= 11 is 0. The smallest absolute Gasteiger partial charge is 0.261 e. The van der Waals surface area contributed by atoms with Crippen molar-refractivity contribution in [2.24, 2.45) is 0 Å². The molecule has 3 aromatic rings. The van der Waals surface area contributed by atoms with Crippen LogP contribution in [0.25, 0.3) is 0 Å². The summed E-state index contributed by atoms with van der Waals surface area (Å²) in [7, 11) is -3.96. The summed E-state index contributed by atoms with van der Waals surface area (Å²) in [5.74, 6) is -0.626. The summed E-state index contributed by atoms with van der Waals surface area (Å²) in [5, 5.41) is 8.93. The first kappa shape index (κ1) is 22.5. The van der Waals surface area contributed by atoms with E-state index >= 15 is 0 Å². The Morgan fingerprint density at radius 2 is 1.79 bits per heavy atom. The maximum atomic E-state index is 13.2. The molecule has 0 aromatic heterocycles. The highest BCUT2D eigenvalue weighted by Crippen LogP contribution is 2.36. The second-order valence-electron chi connectivity index (χ2n) is 7.83. The van der Waals surface area contributed by atoms with E-state index in [1.165, 1.54) is 12.1 Å². The Kier molecular flexibility index (Phi) is 6.43. The molecule has 0 saturated carbocycles. The molecule has 8 heteroatoms. The van der Waals surface area contributed by atoms with Crippen LogP contribution in [-0.4, -0.2) is 20.9 Å². The number of sulfonamides is 1. The van der Waals surface area contributed by atoms with E-state index in [9.17, 15) is 17.6 Å². The van der Waals surface area contributed by atoms with Crippen molar-refractivity contribution in [2.45, 2.75) is 30.6 Å². The Morgan fingerprint density at radius 3 is 2.48 bits per heavy atom. The van der Waals surface area contributed by atoms with E-state index in [0.717, 1.165) is 36.1 Å². The molecule has 1 aliphatic heterocycles. The number of para-hydroxylation sites is 1. The number of amides is 1. The van der Waals surface area contributed by atoms with Crippen LogP contribution in [0, 0.1) is 17.1 Å². The Hall–Kier alpha value is -3.70. The average molecular weight is 464 g/mol. The number of fused-ring (bicyclic) bond motifs is 1. The molecule has 6 nitrogen and oxygen atoms in total. The van der Waals surface area contributed by atoms with E-state index in [2.05, 4.69) is 10.8 Å².